The van der Waals surface area contributed by atoms with E-state index in [1.807, 2.05) is 6.08 Å². The van der Waals surface area contributed by atoms with Crippen molar-refractivity contribution in [2.45, 2.75) is 161 Å². The highest BCUT2D eigenvalue weighted by molar-refractivity contribution is 7.47. The Kier molecular flexibility index (Phi) is 31.4. The number of phosphoric acid groups is 2. The standard InChI is InChI=1S/C37H68O14P2/c1-4-5-6-7-9-14-19-24-33(38)25-20-15-12-17-22-27-37(41)51-35(31-50-53(45,46)49-29-34(39)28-48-52(42,43)44)30-47-36(40)26-21-16-11-8-10-13-18-23-32(2)3/h9,14,19,24,32,34-35,39H,4-8,10-13,15-18,20-23,25-31H2,1-3H3,(H,45,46)(H2,42,43,44)/b14-9-,24-19+/t34-,35+/m0/s1. The Balaban J connectivity index is 4.67. The minimum absolute atomic E-state index is 0.0488. The Morgan fingerprint density at radius 1 is 0.642 bits per heavy atom. The fourth-order valence-electron chi connectivity index (χ4n) is 4.98. The number of aliphatic hydroxyl groups excluding tert-OH is 1. The summed E-state index contributed by atoms with van der Waals surface area (Å²) in [6, 6.07) is 0. The quantitative estimate of drug-likeness (QED) is 0.0155. The molecule has 0 aromatic rings. The van der Waals surface area contributed by atoms with E-state index in [0.29, 0.717) is 25.2 Å². The van der Waals surface area contributed by atoms with Gasteiger partial charge in [0, 0.05) is 19.3 Å². The number of rotatable bonds is 36. The van der Waals surface area contributed by atoms with Gasteiger partial charge in [-0.3, -0.25) is 28.0 Å². The highest BCUT2D eigenvalue weighted by atomic mass is 31.2. The first-order valence-corrected chi connectivity index (χ1v) is 22.4. The van der Waals surface area contributed by atoms with Gasteiger partial charge in [0.15, 0.2) is 11.9 Å². The van der Waals surface area contributed by atoms with E-state index in [2.05, 4.69) is 35.9 Å². The molecule has 4 N–H and O–H groups in total. The summed E-state index contributed by atoms with van der Waals surface area (Å²) in [6.45, 7) is 3.78. The van der Waals surface area contributed by atoms with E-state index in [0.717, 1.165) is 57.8 Å². The van der Waals surface area contributed by atoms with Gasteiger partial charge in [0.05, 0.1) is 19.8 Å². The molecule has 0 aliphatic carbocycles. The number of allylic oxidation sites excluding steroid dienone is 4. The zero-order valence-electron chi connectivity index (χ0n) is 32.3. The highest BCUT2D eigenvalue weighted by Gasteiger charge is 2.28. The number of ether oxygens (including phenoxy) is 2. The second-order valence-corrected chi connectivity index (χ2v) is 16.4. The molecule has 0 heterocycles. The summed E-state index contributed by atoms with van der Waals surface area (Å²) in [4.78, 5) is 64.4. The van der Waals surface area contributed by atoms with Crippen molar-refractivity contribution in [3.05, 3.63) is 24.3 Å². The lowest BCUT2D eigenvalue weighted by Crippen LogP contribution is -2.30. The molecule has 14 nitrogen and oxygen atoms in total. The molecule has 0 bridgehead atoms. The monoisotopic (exact) mass is 798 g/mol. The molecule has 1 unspecified atom stereocenters. The van der Waals surface area contributed by atoms with Gasteiger partial charge in [-0.15, -0.1) is 0 Å². The van der Waals surface area contributed by atoms with E-state index in [1.165, 1.54) is 38.5 Å². The van der Waals surface area contributed by atoms with Gasteiger partial charge in [0.25, 0.3) is 0 Å². The number of hydrogen-bond acceptors (Lipinski definition) is 11. The summed E-state index contributed by atoms with van der Waals surface area (Å²) < 4.78 is 47.5. The average Bonchev–Trinajstić information content (AvgIpc) is 3.09. The Morgan fingerprint density at radius 2 is 1.19 bits per heavy atom. The lowest BCUT2D eigenvalue weighted by Gasteiger charge is -2.20. The van der Waals surface area contributed by atoms with Gasteiger partial charge in [-0.25, -0.2) is 9.13 Å². The molecular weight excluding hydrogens is 730 g/mol. The van der Waals surface area contributed by atoms with Gasteiger partial charge in [-0.1, -0.05) is 116 Å². The number of ketones is 1. The van der Waals surface area contributed by atoms with Crippen LogP contribution in [0.1, 0.15) is 149 Å². The maximum atomic E-state index is 12.6. The second kappa shape index (κ2) is 32.5. The Bertz CT molecular complexity index is 1120. The maximum absolute atomic E-state index is 12.6. The number of unbranched alkanes of at least 4 members (excludes halogenated alkanes) is 13. The predicted molar refractivity (Wildman–Crippen MR) is 203 cm³/mol. The number of aliphatic hydroxyl groups is 1. The van der Waals surface area contributed by atoms with Crippen LogP contribution in [0.3, 0.4) is 0 Å². The molecule has 0 saturated heterocycles. The SMILES string of the molecule is CCCCC/C=C\C=C\C(=O)CCCCCCCC(=O)O[C@H](COC(=O)CCCCCCCCCC(C)C)COP(=O)(O)OC[C@@H](O)COP(=O)(O)O. The average molecular weight is 799 g/mol. The van der Waals surface area contributed by atoms with Crippen LogP contribution in [0, 0.1) is 5.92 Å². The van der Waals surface area contributed by atoms with Crippen molar-refractivity contribution < 1.29 is 66.3 Å². The zero-order chi connectivity index (χ0) is 39.8. The first kappa shape index (κ1) is 51.3. The molecule has 310 valence electrons. The smallest absolute Gasteiger partial charge is 0.462 e. The minimum Gasteiger partial charge on any atom is -0.462 e. The first-order valence-electron chi connectivity index (χ1n) is 19.3. The third-order valence-corrected chi connectivity index (χ3v) is 9.42. The summed E-state index contributed by atoms with van der Waals surface area (Å²) in [5, 5.41) is 9.70. The van der Waals surface area contributed by atoms with E-state index in [1.54, 1.807) is 12.2 Å². The number of carbonyl (C=O) groups is 3. The van der Waals surface area contributed by atoms with Crippen LogP contribution in [-0.2, 0) is 46.6 Å². The minimum atomic E-state index is -4.87. The third-order valence-electron chi connectivity index (χ3n) is 7.99. The van der Waals surface area contributed by atoms with Gasteiger partial charge in [0.2, 0.25) is 0 Å². The Hall–Kier alpha value is -1.73. The summed E-state index contributed by atoms with van der Waals surface area (Å²) in [6.07, 6.45) is 21.8. The lowest BCUT2D eigenvalue weighted by molar-refractivity contribution is -0.161. The zero-order valence-corrected chi connectivity index (χ0v) is 34.1. The lowest BCUT2D eigenvalue weighted by atomic mass is 10.0. The third kappa shape index (κ3) is 37.0. The number of phosphoric ester groups is 2. The van der Waals surface area contributed by atoms with Crippen molar-refractivity contribution in [2.75, 3.05) is 26.4 Å². The molecule has 0 aromatic heterocycles. The van der Waals surface area contributed by atoms with Gasteiger partial charge >= 0.3 is 27.6 Å². The summed E-state index contributed by atoms with van der Waals surface area (Å²) >= 11 is 0. The molecule has 0 radical (unpaired) electrons. The molecule has 16 heteroatoms. The number of carbonyl (C=O) groups excluding carboxylic acids is 3. The molecule has 0 amide bonds. The molecule has 3 atom stereocenters. The molecule has 53 heavy (non-hydrogen) atoms. The van der Waals surface area contributed by atoms with Crippen molar-refractivity contribution in [2.24, 2.45) is 5.92 Å². The van der Waals surface area contributed by atoms with Crippen LogP contribution in [0.5, 0.6) is 0 Å². The second-order valence-electron chi connectivity index (χ2n) is 13.7. The van der Waals surface area contributed by atoms with Crippen LogP contribution in [-0.4, -0.2) is 76.1 Å². The van der Waals surface area contributed by atoms with Crippen LogP contribution in [0.25, 0.3) is 0 Å². The fraction of sp³-hybridized carbons (Fsp3) is 0.811. The van der Waals surface area contributed by atoms with Crippen LogP contribution >= 0.6 is 15.6 Å². The van der Waals surface area contributed by atoms with Gasteiger partial charge in [0.1, 0.15) is 12.7 Å². The Morgan fingerprint density at radius 3 is 1.79 bits per heavy atom. The van der Waals surface area contributed by atoms with Crippen LogP contribution < -0.4 is 0 Å². The molecule has 0 spiro atoms. The predicted octanol–water partition coefficient (Wildman–Crippen LogP) is 8.20. The summed E-state index contributed by atoms with van der Waals surface area (Å²) in [5.41, 5.74) is 0. The number of hydrogen-bond donors (Lipinski definition) is 4. The van der Waals surface area contributed by atoms with Crippen LogP contribution in [0.4, 0.5) is 0 Å². The number of esters is 2. The molecule has 0 fully saturated rings. The van der Waals surface area contributed by atoms with Crippen molar-refractivity contribution in [3.63, 3.8) is 0 Å². The van der Waals surface area contributed by atoms with E-state index < -0.39 is 66.2 Å². The normalized spacial score (nSPS) is 14.5. The molecule has 0 aliphatic rings. The highest BCUT2D eigenvalue weighted by Crippen LogP contribution is 2.43. The summed E-state index contributed by atoms with van der Waals surface area (Å²) in [7, 11) is -9.70. The van der Waals surface area contributed by atoms with Gasteiger partial charge in [-0.2, -0.15) is 0 Å². The van der Waals surface area contributed by atoms with Crippen molar-refractivity contribution >= 4 is 33.4 Å². The molecule has 0 aliphatic heterocycles. The maximum Gasteiger partial charge on any atom is 0.472 e. The first-order chi connectivity index (χ1) is 25.1. The van der Waals surface area contributed by atoms with E-state index >= 15 is 0 Å². The van der Waals surface area contributed by atoms with Gasteiger partial charge < -0.3 is 29.3 Å². The van der Waals surface area contributed by atoms with E-state index in [4.69, 9.17) is 23.8 Å². The van der Waals surface area contributed by atoms with E-state index in [9.17, 15) is 33.5 Å². The molecule has 0 saturated carbocycles. The van der Waals surface area contributed by atoms with E-state index in [-0.39, 0.29) is 18.6 Å². The van der Waals surface area contributed by atoms with Crippen LogP contribution in [0.2, 0.25) is 0 Å². The van der Waals surface area contributed by atoms with Crippen LogP contribution in [0.15, 0.2) is 24.3 Å². The van der Waals surface area contributed by atoms with Gasteiger partial charge in [-0.05, 0) is 44.1 Å². The molecule has 0 rings (SSSR count). The van der Waals surface area contributed by atoms with Crippen molar-refractivity contribution in [1.82, 2.24) is 0 Å². The fourth-order valence-corrected chi connectivity index (χ4v) is 6.14. The van der Waals surface area contributed by atoms with Crippen molar-refractivity contribution in [1.29, 1.82) is 0 Å². The molecule has 0 aromatic carbocycles. The molecular formula is C37H68O14P2. The Labute approximate surface area is 317 Å². The van der Waals surface area contributed by atoms with Crippen molar-refractivity contribution in [3.8, 4) is 0 Å². The summed E-state index contributed by atoms with van der Waals surface area (Å²) in [5.74, 6) is -0.337. The largest absolute Gasteiger partial charge is 0.472 e. The topological polar surface area (TPSA) is 212 Å².